The third-order valence-electron chi connectivity index (χ3n) is 4.13. The van der Waals surface area contributed by atoms with Crippen molar-refractivity contribution in [1.29, 1.82) is 0 Å². The Morgan fingerprint density at radius 1 is 1.23 bits per heavy atom. The zero-order valence-electron chi connectivity index (χ0n) is 15.3. The van der Waals surface area contributed by atoms with Crippen LogP contribution in [0.1, 0.15) is 11.1 Å². The molecule has 30 heavy (non-hydrogen) atoms. The highest BCUT2D eigenvalue weighted by Crippen LogP contribution is 2.34. The third kappa shape index (κ3) is 4.81. The van der Waals surface area contributed by atoms with Crippen molar-refractivity contribution < 1.29 is 19.3 Å². The fourth-order valence-electron chi connectivity index (χ4n) is 2.60. The van der Waals surface area contributed by atoms with E-state index in [2.05, 4.69) is 5.32 Å². The molecule has 2 aromatic carbocycles. The van der Waals surface area contributed by atoms with Gasteiger partial charge in [-0.05, 0) is 48.5 Å². The van der Waals surface area contributed by atoms with Gasteiger partial charge in [-0.3, -0.25) is 29.4 Å². The lowest BCUT2D eigenvalue weighted by Crippen LogP contribution is -2.36. The van der Waals surface area contributed by atoms with Crippen LogP contribution in [0.2, 0.25) is 10.0 Å². The number of nitrogens with one attached hydrogen (secondary N) is 1. The summed E-state index contributed by atoms with van der Waals surface area (Å²) >= 11 is 12.6. The number of benzene rings is 2. The average molecular weight is 466 g/mol. The number of non-ortho nitro benzene ring substituents is 1. The van der Waals surface area contributed by atoms with Crippen molar-refractivity contribution in [3.05, 3.63) is 72.6 Å². The number of nitrogens with zero attached hydrogens (tertiary/aromatic N) is 2. The number of thioether (sulfide) groups is 1. The number of halogens is 2. The van der Waals surface area contributed by atoms with Crippen LogP contribution in [0.5, 0.6) is 0 Å². The molecule has 3 rings (SSSR count). The van der Waals surface area contributed by atoms with Crippen molar-refractivity contribution in [2.75, 3.05) is 11.9 Å². The van der Waals surface area contributed by atoms with E-state index in [1.807, 2.05) is 0 Å². The van der Waals surface area contributed by atoms with Crippen LogP contribution in [-0.4, -0.2) is 33.4 Å². The van der Waals surface area contributed by atoms with Crippen LogP contribution in [0, 0.1) is 17.0 Å². The lowest BCUT2D eigenvalue weighted by atomic mass is 10.2. The predicted octanol–water partition coefficient (Wildman–Crippen LogP) is 4.89. The number of amides is 3. The monoisotopic (exact) mass is 465 g/mol. The molecular formula is C19H13Cl2N3O5S. The van der Waals surface area contributed by atoms with Gasteiger partial charge >= 0.3 is 0 Å². The lowest BCUT2D eigenvalue weighted by Gasteiger charge is -2.13. The first-order valence-corrected chi connectivity index (χ1v) is 9.98. The maximum Gasteiger partial charge on any atom is 0.294 e. The van der Waals surface area contributed by atoms with E-state index < -0.39 is 28.5 Å². The van der Waals surface area contributed by atoms with Gasteiger partial charge in [-0.1, -0.05) is 29.3 Å². The number of anilines is 1. The topological polar surface area (TPSA) is 110 Å². The molecule has 2 aromatic rings. The van der Waals surface area contributed by atoms with Crippen LogP contribution < -0.4 is 5.32 Å². The predicted molar refractivity (Wildman–Crippen MR) is 116 cm³/mol. The molecule has 0 spiro atoms. The lowest BCUT2D eigenvalue weighted by molar-refractivity contribution is -0.384. The molecule has 11 heteroatoms. The second-order valence-electron chi connectivity index (χ2n) is 6.24. The minimum absolute atomic E-state index is 0.00846. The Balaban J connectivity index is 1.77. The van der Waals surface area contributed by atoms with E-state index in [4.69, 9.17) is 23.2 Å². The van der Waals surface area contributed by atoms with Crippen molar-refractivity contribution in [2.45, 2.75) is 6.92 Å². The summed E-state index contributed by atoms with van der Waals surface area (Å²) in [7, 11) is 0. The highest BCUT2D eigenvalue weighted by molar-refractivity contribution is 8.18. The number of hydrogen-bond donors (Lipinski definition) is 1. The average Bonchev–Trinajstić information content (AvgIpc) is 2.93. The van der Waals surface area contributed by atoms with Crippen LogP contribution in [0.4, 0.5) is 16.2 Å². The van der Waals surface area contributed by atoms with Gasteiger partial charge in [0.05, 0.1) is 9.83 Å². The number of nitro benzene ring substituents is 1. The quantitative estimate of drug-likeness (QED) is 0.382. The fraction of sp³-hybridized carbons (Fsp3) is 0.105. The minimum Gasteiger partial charge on any atom is -0.324 e. The molecule has 1 fully saturated rings. The van der Waals surface area contributed by atoms with Crippen LogP contribution in [-0.2, 0) is 9.59 Å². The molecule has 3 amide bonds. The van der Waals surface area contributed by atoms with E-state index in [0.717, 1.165) is 10.5 Å². The van der Waals surface area contributed by atoms with E-state index in [1.54, 1.807) is 25.1 Å². The number of aryl methyl sites for hydroxylation is 1. The number of carbonyl (C=O) groups excluding carboxylic acids is 3. The van der Waals surface area contributed by atoms with Crippen LogP contribution in [0.3, 0.4) is 0 Å². The summed E-state index contributed by atoms with van der Waals surface area (Å²) in [4.78, 5) is 48.3. The third-order valence-corrected chi connectivity index (χ3v) is 5.61. The Morgan fingerprint density at radius 2 is 1.97 bits per heavy atom. The van der Waals surface area contributed by atoms with E-state index in [1.165, 1.54) is 24.3 Å². The molecule has 0 bridgehead atoms. The molecule has 1 N–H and O–H groups in total. The second-order valence-corrected chi connectivity index (χ2v) is 8.08. The molecular weight excluding hydrogens is 453 g/mol. The van der Waals surface area contributed by atoms with Crippen molar-refractivity contribution in [3.63, 3.8) is 0 Å². The van der Waals surface area contributed by atoms with Gasteiger partial charge < -0.3 is 5.32 Å². The molecule has 0 radical (unpaired) electrons. The minimum atomic E-state index is -0.689. The molecule has 0 atom stereocenters. The highest BCUT2D eigenvalue weighted by atomic mass is 35.5. The Morgan fingerprint density at radius 3 is 2.67 bits per heavy atom. The van der Waals surface area contributed by atoms with Crippen molar-refractivity contribution >= 4 is 69.5 Å². The normalized spacial score (nSPS) is 15.0. The standard InChI is InChI=1S/C19H13Cl2N3O5S/c1-10-2-3-12(20)8-15(10)22-17(25)9-23-18(26)16(30-19(23)27)7-11-6-13(24(28)29)4-5-14(11)21/h2-8H,9H2,1H3,(H,22,25)/b16-7-. The van der Waals surface area contributed by atoms with Gasteiger partial charge in [-0.2, -0.15) is 0 Å². The van der Waals surface area contributed by atoms with Crippen LogP contribution >= 0.6 is 35.0 Å². The molecule has 0 saturated carbocycles. The Bertz CT molecular complexity index is 1120. The molecule has 0 aliphatic carbocycles. The van der Waals surface area contributed by atoms with Gasteiger partial charge in [-0.25, -0.2) is 0 Å². The van der Waals surface area contributed by atoms with E-state index >= 15 is 0 Å². The van der Waals surface area contributed by atoms with Gasteiger partial charge in [0.25, 0.3) is 16.8 Å². The summed E-state index contributed by atoms with van der Waals surface area (Å²) in [6, 6.07) is 8.72. The molecule has 0 aromatic heterocycles. The zero-order chi connectivity index (χ0) is 22.0. The first-order chi connectivity index (χ1) is 14.2. The first kappa shape index (κ1) is 21.8. The number of hydrogen-bond acceptors (Lipinski definition) is 6. The van der Waals surface area contributed by atoms with Crippen molar-refractivity contribution in [3.8, 4) is 0 Å². The Hall–Kier alpha value is -2.88. The summed E-state index contributed by atoms with van der Waals surface area (Å²) < 4.78 is 0. The van der Waals surface area contributed by atoms with Gasteiger partial charge in [0.15, 0.2) is 0 Å². The fourth-order valence-corrected chi connectivity index (χ4v) is 3.77. The summed E-state index contributed by atoms with van der Waals surface area (Å²) in [6.45, 7) is 1.29. The molecule has 0 unspecified atom stereocenters. The van der Waals surface area contributed by atoms with Gasteiger partial charge in [0.1, 0.15) is 6.54 Å². The Kier molecular flexibility index (Phi) is 6.45. The number of carbonyl (C=O) groups is 3. The molecule has 154 valence electrons. The molecule has 8 nitrogen and oxygen atoms in total. The largest absolute Gasteiger partial charge is 0.324 e. The summed E-state index contributed by atoms with van der Waals surface area (Å²) in [5, 5.41) is 13.5. The van der Waals surface area contributed by atoms with E-state index in [0.29, 0.717) is 22.5 Å². The number of imide groups is 1. The maximum atomic E-state index is 12.6. The highest BCUT2D eigenvalue weighted by Gasteiger charge is 2.36. The number of rotatable bonds is 5. The maximum absolute atomic E-state index is 12.6. The van der Waals surface area contributed by atoms with Crippen LogP contribution in [0.25, 0.3) is 6.08 Å². The van der Waals surface area contributed by atoms with Crippen molar-refractivity contribution in [1.82, 2.24) is 4.90 Å². The second kappa shape index (κ2) is 8.86. The zero-order valence-corrected chi connectivity index (χ0v) is 17.7. The Labute approximate surface area is 185 Å². The first-order valence-electron chi connectivity index (χ1n) is 8.41. The van der Waals surface area contributed by atoms with Gasteiger partial charge in [-0.15, -0.1) is 0 Å². The number of nitro groups is 1. The van der Waals surface area contributed by atoms with Gasteiger partial charge in [0, 0.05) is 33.4 Å². The summed E-state index contributed by atoms with van der Waals surface area (Å²) in [5.41, 5.74) is 1.25. The smallest absolute Gasteiger partial charge is 0.294 e. The molecule has 1 aliphatic heterocycles. The SMILES string of the molecule is Cc1ccc(Cl)cc1NC(=O)CN1C(=O)S/C(=C\c2cc([N+](=O)[O-])ccc2Cl)C1=O. The summed E-state index contributed by atoms with van der Waals surface area (Å²) in [5.74, 6) is -1.26. The molecule has 1 saturated heterocycles. The van der Waals surface area contributed by atoms with E-state index in [-0.39, 0.29) is 21.2 Å². The van der Waals surface area contributed by atoms with Crippen molar-refractivity contribution in [2.24, 2.45) is 0 Å². The van der Waals surface area contributed by atoms with Gasteiger partial charge in [0.2, 0.25) is 5.91 Å². The molecule has 1 heterocycles. The van der Waals surface area contributed by atoms with Crippen LogP contribution in [0.15, 0.2) is 41.3 Å². The van der Waals surface area contributed by atoms with E-state index in [9.17, 15) is 24.5 Å². The summed E-state index contributed by atoms with van der Waals surface area (Å²) in [6.07, 6.45) is 1.29. The molecule has 1 aliphatic rings.